The number of hydrogen-bond donors (Lipinski definition) is 0. The SMILES string of the molecule is CC[Si]1CCC[Te]1. The third-order valence-corrected chi connectivity index (χ3v) is 13.9. The summed E-state index contributed by atoms with van der Waals surface area (Å²) in [4.78, 5) is 0. The molecule has 0 aliphatic carbocycles. The molecule has 0 N–H and O–H groups in total. The van der Waals surface area contributed by atoms with E-state index in [2.05, 4.69) is 6.92 Å². The van der Waals surface area contributed by atoms with Gasteiger partial charge < -0.3 is 0 Å². The first-order valence-corrected chi connectivity index (χ1v) is 9.87. The van der Waals surface area contributed by atoms with E-state index < -0.39 is 0 Å². The van der Waals surface area contributed by atoms with Gasteiger partial charge in [0.1, 0.15) is 0 Å². The summed E-state index contributed by atoms with van der Waals surface area (Å²) in [5.74, 6) is 0. The van der Waals surface area contributed by atoms with Crippen LogP contribution in [0.1, 0.15) is 13.3 Å². The standard InChI is InChI=1S/C5H11SiTe/c1-2-6-4-3-5-7-6/h2-5H2,1H3. The van der Waals surface area contributed by atoms with E-state index in [0.29, 0.717) is 26.5 Å². The Kier molecular flexibility index (Phi) is 2.73. The van der Waals surface area contributed by atoms with E-state index in [0.717, 1.165) is 0 Å². The second-order valence-electron chi connectivity index (χ2n) is 1.84. The van der Waals surface area contributed by atoms with Crippen LogP contribution in [0.25, 0.3) is 0 Å². The Balaban J connectivity index is 2.14. The van der Waals surface area contributed by atoms with Gasteiger partial charge in [0.05, 0.1) is 0 Å². The molecule has 0 atom stereocenters. The van der Waals surface area contributed by atoms with Crippen LogP contribution in [0.15, 0.2) is 0 Å². The number of rotatable bonds is 1. The molecule has 0 aromatic rings. The molecule has 0 nitrogen and oxygen atoms in total. The maximum absolute atomic E-state index is 2.38. The Morgan fingerprint density at radius 1 is 1.71 bits per heavy atom. The molecule has 1 heterocycles. The van der Waals surface area contributed by atoms with Crippen LogP contribution in [0.2, 0.25) is 16.6 Å². The zero-order valence-corrected chi connectivity index (χ0v) is 8.07. The monoisotopic (exact) mass is 229 g/mol. The van der Waals surface area contributed by atoms with Gasteiger partial charge in [0, 0.05) is 0 Å². The molecule has 1 radical (unpaired) electrons. The van der Waals surface area contributed by atoms with Gasteiger partial charge in [0.2, 0.25) is 0 Å². The van der Waals surface area contributed by atoms with Crippen molar-refractivity contribution in [2.45, 2.75) is 29.9 Å². The van der Waals surface area contributed by atoms with Gasteiger partial charge in [0.25, 0.3) is 0 Å². The second-order valence-corrected chi connectivity index (χ2v) is 13.0. The fraction of sp³-hybridized carbons (Fsp3) is 1.00. The zero-order chi connectivity index (χ0) is 5.11. The van der Waals surface area contributed by atoms with Gasteiger partial charge in [-0.2, -0.15) is 0 Å². The molecule has 2 heteroatoms. The Bertz CT molecular complexity index is 50.0. The minimum atomic E-state index is 0.378. The fourth-order valence-electron chi connectivity index (χ4n) is 0.837. The predicted molar refractivity (Wildman–Crippen MR) is 36.2 cm³/mol. The van der Waals surface area contributed by atoms with Crippen molar-refractivity contribution in [3.63, 3.8) is 0 Å². The van der Waals surface area contributed by atoms with Gasteiger partial charge in [-0.25, -0.2) is 0 Å². The fourth-order valence-corrected chi connectivity index (χ4v) is 11.7. The summed E-state index contributed by atoms with van der Waals surface area (Å²) in [5, 5.41) is 0. The summed E-state index contributed by atoms with van der Waals surface area (Å²) in [6, 6.07) is 3.25. The van der Waals surface area contributed by atoms with Crippen molar-refractivity contribution >= 4 is 26.5 Å². The third kappa shape index (κ3) is 1.75. The van der Waals surface area contributed by atoms with E-state index in [9.17, 15) is 0 Å². The molecule has 0 amide bonds. The van der Waals surface area contributed by atoms with Crippen molar-refractivity contribution in [2.24, 2.45) is 0 Å². The molecule has 0 unspecified atom stereocenters. The minimum absolute atomic E-state index is 0.378. The molecule has 0 saturated carbocycles. The van der Waals surface area contributed by atoms with Gasteiger partial charge in [-0.05, 0) is 0 Å². The van der Waals surface area contributed by atoms with Crippen LogP contribution in [-0.2, 0) is 0 Å². The molecular formula is C5H11SiTe. The molecule has 0 aromatic carbocycles. The van der Waals surface area contributed by atoms with E-state index in [1.165, 1.54) is 0 Å². The summed E-state index contributed by atoms with van der Waals surface area (Å²) in [7, 11) is 0. The van der Waals surface area contributed by atoms with Crippen LogP contribution in [0, 0.1) is 0 Å². The van der Waals surface area contributed by atoms with Crippen LogP contribution in [0.3, 0.4) is 0 Å². The quantitative estimate of drug-likeness (QED) is 0.595. The van der Waals surface area contributed by atoms with Crippen molar-refractivity contribution < 1.29 is 0 Å². The maximum atomic E-state index is 2.38. The van der Waals surface area contributed by atoms with Gasteiger partial charge in [-0.1, -0.05) is 0 Å². The molecule has 0 spiro atoms. The van der Waals surface area contributed by atoms with Crippen molar-refractivity contribution in [1.82, 2.24) is 0 Å². The summed E-state index contributed by atoms with van der Waals surface area (Å²) >= 11 is 0.626. The molecular weight excluding hydrogens is 216 g/mol. The summed E-state index contributed by atoms with van der Waals surface area (Å²) in [5.41, 5.74) is 0. The van der Waals surface area contributed by atoms with E-state index in [-0.39, 0.29) is 0 Å². The van der Waals surface area contributed by atoms with E-state index in [4.69, 9.17) is 0 Å². The van der Waals surface area contributed by atoms with Crippen LogP contribution >= 0.6 is 0 Å². The summed E-state index contributed by atoms with van der Waals surface area (Å²) < 4.78 is 1.67. The Morgan fingerprint density at radius 3 is 2.86 bits per heavy atom. The molecule has 1 saturated heterocycles. The molecule has 1 rings (SSSR count). The first kappa shape index (κ1) is 6.13. The summed E-state index contributed by atoms with van der Waals surface area (Å²) in [6.07, 6.45) is 1.98. The second kappa shape index (κ2) is 3.12. The topological polar surface area (TPSA) is 0 Å². The zero-order valence-electron chi connectivity index (χ0n) is 4.74. The first-order valence-electron chi connectivity index (χ1n) is 2.91. The Hall–Kier alpha value is 1.01. The average Bonchev–Trinajstić information content (AvgIpc) is 2.14. The van der Waals surface area contributed by atoms with Crippen molar-refractivity contribution in [3.05, 3.63) is 0 Å². The van der Waals surface area contributed by atoms with E-state index in [1.807, 2.05) is 0 Å². The van der Waals surface area contributed by atoms with Crippen molar-refractivity contribution in [3.8, 4) is 0 Å². The van der Waals surface area contributed by atoms with Crippen LogP contribution < -0.4 is 0 Å². The molecule has 0 aromatic heterocycles. The Morgan fingerprint density at radius 2 is 2.57 bits per heavy atom. The van der Waals surface area contributed by atoms with E-state index in [1.54, 1.807) is 23.0 Å². The average molecular weight is 227 g/mol. The first-order chi connectivity index (χ1) is 3.43. The number of hydrogen-bond acceptors (Lipinski definition) is 0. The molecule has 1 aliphatic heterocycles. The van der Waals surface area contributed by atoms with Crippen molar-refractivity contribution in [1.29, 1.82) is 0 Å². The van der Waals surface area contributed by atoms with Crippen LogP contribution in [-0.4, -0.2) is 26.5 Å². The van der Waals surface area contributed by atoms with Gasteiger partial charge in [0.15, 0.2) is 0 Å². The van der Waals surface area contributed by atoms with Crippen LogP contribution in [0.5, 0.6) is 0 Å². The van der Waals surface area contributed by atoms with Gasteiger partial charge in [-0.3, -0.25) is 0 Å². The van der Waals surface area contributed by atoms with Gasteiger partial charge in [-0.15, -0.1) is 0 Å². The molecule has 0 bridgehead atoms. The summed E-state index contributed by atoms with van der Waals surface area (Å²) in [6.45, 7) is 2.38. The molecule has 41 valence electrons. The van der Waals surface area contributed by atoms with Gasteiger partial charge >= 0.3 is 56.4 Å². The third-order valence-electron chi connectivity index (χ3n) is 1.30. The van der Waals surface area contributed by atoms with Crippen molar-refractivity contribution in [2.75, 3.05) is 0 Å². The molecule has 1 aliphatic rings. The van der Waals surface area contributed by atoms with E-state index >= 15 is 0 Å². The predicted octanol–water partition coefficient (Wildman–Crippen LogP) is 1.52. The molecule has 1 fully saturated rings. The molecule has 7 heavy (non-hydrogen) atoms. The normalized spacial score (nSPS) is 23.6. The van der Waals surface area contributed by atoms with Crippen LogP contribution in [0.4, 0.5) is 0 Å². The Labute approximate surface area is 56.5 Å².